The largest absolute Gasteiger partial charge is 0.477 e. The van der Waals surface area contributed by atoms with Gasteiger partial charge in [-0.1, -0.05) is 6.08 Å². The molecule has 1 aliphatic rings. The number of carbonyl (C=O) groups excluding carboxylic acids is 1. The van der Waals surface area contributed by atoms with Crippen molar-refractivity contribution >= 4 is 29.0 Å². The van der Waals surface area contributed by atoms with Gasteiger partial charge in [0.05, 0.1) is 0 Å². The van der Waals surface area contributed by atoms with E-state index < -0.39 is 11.6 Å². The molecule has 1 amide bonds. The van der Waals surface area contributed by atoms with Crippen LogP contribution < -0.4 is 0 Å². The zero-order chi connectivity index (χ0) is 15.6. The number of nitrogens with zero attached hydrogens (tertiary/aromatic N) is 1. The van der Waals surface area contributed by atoms with Crippen molar-refractivity contribution in [3.05, 3.63) is 28.0 Å². The van der Waals surface area contributed by atoms with Gasteiger partial charge in [0.1, 0.15) is 10.5 Å². The van der Waals surface area contributed by atoms with Gasteiger partial charge >= 0.3 is 12.1 Å². The monoisotopic (exact) mass is 309 g/mol. The Bertz CT molecular complexity index is 583. The summed E-state index contributed by atoms with van der Waals surface area (Å²) < 4.78 is 5.34. The number of rotatable bonds is 2. The van der Waals surface area contributed by atoms with Crippen LogP contribution >= 0.6 is 11.3 Å². The molecule has 0 aliphatic carbocycles. The van der Waals surface area contributed by atoms with Crippen LogP contribution in [0.15, 0.2) is 18.2 Å². The summed E-state index contributed by atoms with van der Waals surface area (Å²) in [7, 11) is 0. The summed E-state index contributed by atoms with van der Waals surface area (Å²) in [5, 5.41) is 8.94. The van der Waals surface area contributed by atoms with Crippen molar-refractivity contribution in [3.63, 3.8) is 0 Å². The van der Waals surface area contributed by atoms with Crippen molar-refractivity contribution in [3.8, 4) is 0 Å². The van der Waals surface area contributed by atoms with E-state index in [2.05, 4.69) is 0 Å². The Morgan fingerprint density at radius 2 is 2.05 bits per heavy atom. The smallest absolute Gasteiger partial charge is 0.410 e. The van der Waals surface area contributed by atoms with Crippen molar-refractivity contribution in [1.82, 2.24) is 4.90 Å². The highest BCUT2D eigenvalue weighted by Crippen LogP contribution is 2.29. The molecule has 5 nitrogen and oxygen atoms in total. The minimum absolute atomic E-state index is 0.310. The fourth-order valence-electron chi connectivity index (χ4n) is 2.01. The van der Waals surface area contributed by atoms with E-state index in [4.69, 9.17) is 9.84 Å². The van der Waals surface area contributed by atoms with Gasteiger partial charge in [-0.3, -0.25) is 0 Å². The van der Waals surface area contributed by atoms with Gasteiger partial charge in [-0.05, 0) is 44.9 Å². The van der Waals surface area contributed by atoms with E-state index in [9.17, 15) is 9.59 Å². The molecule has 0 fully saturated rings. The number of thiophene rings is 1. The lowest BCUT2D eigenvalue weighted by Gasteiger charge is -2.29. The van der Waals surface area contributed by atoms with E-state index in [0.717, 1.165) is 10.5 Å². The maximum absolute atomic E-state index is 11.9. The number of carbonyl (C=O) groups is 2. The standard InChI is InChI=1S/C15H19NO4S/c1-15(2,3)20-14(19)16-8-6-10(7-9-16)11-4-5-12(21-11)13(17)18/h4-6H,7-9H2,1-3H3,(H,17,18). The third-order valence-electron chi connectivity index (χ3n) is 2.99. The highest BCUT2D eigenvalue weighted by atomic mass is 32.1. The van der Waals surface area contributed by atoms with E-state index >= 15 is 0 Å². The molecule has 0 saturated carbocycles. The van der Waals surface area contributed by atoms with Crippen LogP contribution in [0.2, 0.25) is 0 Å². The van der Waals surface area contributed by atoms with Crippen LogP contribution in [-0.4, -0.2) is 40.8 Å². The molecule has 1 aliphatic heterocycles. The first-order valence-electron chi connectivity index (χ1n) is 6.77. The molecule has 114 valence electrons. The predicted molar refractivity (Wildman–Crippen MR) is 81.7 cm³/mol. The van der Waals surface area contributed by atoms with Gasteiger partial charge in [0.15, 0.2) is 0 Å². The van der Waals surface area contributed by atoms with Gasteiger partial charge in [0, 0.05) is 18.0 Å². The van der Waals surface area contributed by atoms with Crippen LogP contribution in [0.4, 0.5) is 4.79 Å². The number of hydrogen-bond donors (Lipinski definition) is 1. The summed E-state index contributed by atoms with van der Waals surface area (Å²) in [6.07, 6.45) is 2.36. The topological polar surface area (TPSA) is 66.8 Å². The van der Waals surface area contributed by atoms with Crippen molar-refractivity contribution in [2.75, 3.05) is 13.1 Å². The van der Waals surface area contributed by atoms with E-state index in [1.165, 1.54) is 11.3 Å². The Balaban J connectivity index is 2.01. The van der Waals surface area contributed by atoms with E-state index in [0.29, 0.717) is 24.4 Å². The number of carboxylic acid groups (broad SMARTS) is 1. The molecule has 21 heavy (non-hydrogen) atoms. The van der Waals surface area contributed by atoms with Crippen LogP contribution in [0.1, 0.15) is 41.7 Å². The second-order valence-electron chi connectivity index (χ2n) is 5.87. The maximum Gasteiger partial charge on any atom is 0.410 e. The minimum atomic E-state index is -0.905. The summed E-state index contributed by atoms with van der Waals surface area (Å²) in [6, 6.07) is 3.44. The fraction of sp³-hybridized carbons (Fsp3) is 0.467. The lowest BCUT2D eigenvalue weighted by atomic mass is 10.1. The molecule has 2 rings (SSSR count). The average Bonchev–Trinajstić information content (AvgIpc) is 2.86. The fourth-order valence-corrected chi connectivity index (χ4v) is 2.92. The summed E-state index contributed by atoms with van der Waals surface area (Å²) in [5.74, 6) is -0.905. The molecule has 0 atom stereocenters. The number of ether oxygens (including phenoxy) is 1. The van der Waals surface area contributed by atoms with Gasteiger partial charge in [-0.15, -0.1) is 11.3 Å². The van der Waals surface area contributed by atoms with E-state index in [1.54, 1.807) is 11.0 Å². The van der Waals surface area contributed by atoms with E-state index in [1.807, 2.05) is 32.9 Å². The summed E-state index contributed by atoms with van der Waals surface area (Å²) in [5.41, 5.74) is 0.595. The number of carboxylic acids is 1. The van der Waals surface area contributed by atoms with Crippen LogP contribution in [0.25, 0.3) is 5.57 Å². The second-order valence-corrected chi connectivity index (χ2v) is 6.96. The molecule has 0 radical (unpaired) electrons. The van der Waals surface area contributed by atoms with Crippen molar-refractivity contribution < 1.29 is 19.4 Å². The molecule has 1 aromatic heterocycles. The Morgan fingerprint density at radius 3 is 2.52 bits per heavy atom. The third-order valence-corrected chi connectivity index (χ3v) is 4.14. The third kappa shape index (κ3) is 4.07. The average molecular weight is 309 g/mol. The molecular weight excluding hydrogens is 290 g/mol. The summed E-state index contributed by atoms with van der Waals surface area (Å²) in [6.45, 7) is 6.60. The second kappa shape index (κ2) is 5.89. The Labute approximate surface area is 127 Å². The normalized spacial score (nSPS) is 15.6. The van der Waals surface area contributed by atoms with Crippen molar-refractivity contribution in [1.29, 1.82) is 0 Å². The van der Waals surface area contributed by atoms with Crippen molar-refractivity contribution in [2.24, 2.45) is 0 Å². The zero-order valence-corrected chi connectivity index (χ0v) is 13.2. The lowest BCUT2D eigenvalue weighted by Crippen LogP contribution is -2.39. The molecule has 1 N–H and O–H groups in total. The van der Waals surface area contributed by atoms with Gasteiger partial charge in [-0.25, -0.2) is 9.59 Å². The van der Waals surface area contributed by atoms with Crippen LogP contribution in [0.5, 0.6) is 0 Å². The highest BCUT2D eigenvalue weighted by molar-refractivity contribution is 7.15. The first-order valence-corrected chi connectivity index (χ1v) is 7.58. The summed E-state index contributed by atoms with van der Waals surface area (Å²) >= 11 is 1.26. The quantitative estimate of drug-likeness (QED) is 0.908. The minimum Gasteiger partial charge on any atom is -0.477 e. The first-order chi connectivity index (χ1) is 9.76. The first kappa shape index (κ1) is 15.6. The zero-order valence-electron chi connectivity index (χ0n) is 12.4. The van der Waals surface area contributed by atoms with Gasteiger partial charge < -0.3 is 14.7 Å². The SMILES string of the molecule is CC(C)(C)OC(=O)N1CC=C(c2ccc(C(=O)O)s2)CC1. The molecule has 2 heterocycles. The van der Waals surface area contributed by atoms with E-state index in [-0.39, 0.29) is 6.09 Å². The lowest BCUT2D eigenvalue weighted by molar-refractivity contribution is 0.0270. The molecular formula is C15H19NO4S. The number of amides is 1. The number of hydrogen-bond acceptors (Lipinski definition) is 4. The molecule has 0 saturated heterocycles. The molecule has 0 unspecified atom stereocenters. The van der Waals surface area contributed by atoms with Crippen LogP contribution in [0.3, 0.4) is 0 Å². The van der Waals surface area contributed by atoms with Crippen LogP contribution in [0, 0.1) is 0 Å². The maximum atomic E-state index is 11.9. The molecule has 0 aromatic carbocycles. The van der Waals surface area contributed by atoms with Crippen molar-refractivity contribution in [2.45, 2.75) is 32.8 Å². The van der Waals surface area contributed by atoms with Gasteiger partial charge in [0.25, 0.3) is 0 Å². The predicted octanol–water partition coefficient (Wildman–Crippen LogP) is 3.47. The molecule has 0 spiro atoms. The number of aromatic carboxylic acids is 1. The Kier molecular flexibility index (Phi) is 4.37. The van der Waals surface area contributed by atoms with Crippen LogP contribution in [-0.2, 0) is 4.74 Å². The Hall–Kier alpha value is -1.82. The summed E-state index contributed by atoms with van der Waals surface area (Å²) in [4.78, 5) is 25.8. The molecule has 6 heteroatoms. The Morgan fingerprint density at radius 1 is 1.33 bits per heavy atom. The van der Waals surface area contributed by atoms with Gasteiger partial charge in [0.2, 0.25) is 0 Å². The van der Waals surface area contributed by atoms with Gasteiger partial charge in [-0.2, -0.15) is 0 Å². The highest BCUT2D eigenvalue weighted by Gasteiger charge is 2.24. The molecule has 1 aromatic rings. The molecule has 0 bridgehead atoms.